The molecule has 0 aliphatic carbocycles. The van der Waals surface area contributed by atoms with Crippen LogP contribution in [0.1, 0.15) is 11.4 Å². The number of pyridine rings is 2. The Kier molecular flexibility index (Phi) is 3.68. The Balaban J connectivity index is 2.07. The summed E-state index contributed by atoms with van der Waals surface area (Å²) >= 11 is 3.16. The van der Waals surface area contributed by atoms with Crippen molar-refractivity contribution in [3.8, 4) is 0 Å². The van der Waals surface area contributed by atoms with Gasteiger partial charge in [-0.2, -0.15) is 0 Å². The molecule has 0 atom stereocenters. The van der Waals surface area contributed by atoms with Crippen LogP contribution in [0.5, 0.6) is 0 Å². The zero-order valence-electron chi connectivity index (χ0n) is 9.24. The summed E-state index contributed by atoms with van der Waals surface area (Å²) in [6.07, 6.45) is 1.55. The Bertz CT molecular complexity index is 531. The van der Waals surface area contributed by atoms with E-state index < -0.39 is 0 Å². The second kappa shape index (κ2) is 5.23. The lowest BCUT2D eigenvalue weighted by Crippen LogP contribution is -2.05. The molecule has 0 aliphatic heterocycles. The third kappa shape index (κ3) is 3.23. The van der Waals surface area contributed by atoms with Gasteiger partial charge in [-0.15, -0.1) is 0 Å². The first-order valence-electron chi connectivity index (χ1n) is 5.12. The topological polar surface area (TPSA) is 37.8 Å². The standard InChI is InChI=1S/C12H11BrFN3/c1-8-3-2-4-10(17-8)7-16-12-11(14)5-9(13)6-15-12/h2-6H,7H2,1H3,(H,15,16). The van der Waals surface area contributed by atoms with Crippen LogP contribution in [0.3, 0.4) is 0 Å². The van der Waals surface area contributed by atoms with Gasteiger partial charge in [-0.1, -0.05) is 6.07 Å². The van der Waals surface area contributed by atoms with Crippen molar-refractivity contribution in [3.63, 3.8) is 0 Å². The number of rotatable bonds is 3. The maximum absolute atomic E-state index is 13.5. The van der Waals surface area contributed by atoms with Crippen molar-refractivity contribution in [3.05, 3.63) is 52.1 Å². The van der Waals surface area contributed by atoms with Gasteiger partial charge in [0.25, 0.3) is 0 Å². The van der Waals surface area contributed by atoms with Crippen LogP contribution in [0.4, 0.5) is 10.2 Å². The highest BCUT2D eigenvalue weighted by atomic mass is 79.9. The van der Waals surface area contributed by atoms with E-state index >= 15 is 0 Å². The summed E-state index contributed by atoms with van der Waals surface area (Å²) in [6.45, 7) is 2.37. The Morgan fingerprint density at radius 2 is 2.24 bits per heavy atom. The predicted molar refractivity (Wildman–Crippen MR) is 68.2 cm³/mol. The minimum atomic E-state index is -0.382. The molecule has 0 amide bonds. The van der Waals surface area contributed by atoms with Gasteiger partial charge in [-0.05, 0) is 41.1 Å². The molecule has 2 aromatic rings. The fourth-order valence-electron chi connectivity index (χ4n) is 1.42. The first-order chi connectivity index (χ1) is 8.15. The van der Waals surface area contributed by atoms with Gasteiger partial charge in [0.05, 0.1) is 12.2 Å². The molecular formula is C12H11BrFN3. The maximum Gasteiger partial charge on any atom is 0.166 e. The van der Waals surface area contributed by atoms with Gasteiger partial charge < -0.3 is 5.32 Å². The van der Waals surface area contributed by atoms with E-state index in [0.29, 0.717) is 11.0 Å². The Hall–Kier alpha value is -1.49. The van der Waals surface area contributed by atoms with E-state index in [1.807, 2.05) is 25.1 Å². The van der Waals surface area contributed by atoms with Crippen LogP contribution in [0, 0.1) is 12.7 Å². The molecule has 5 heteroatoms. The summed E-state index contributed by atoms with van der Waals surface area (Å²) in [5, 5.41) is 2.91. The van der Waals surface area contributed by atoms with Crippen molar-refractivity contribution < 1.29 is 4.39 Å². The molecule has 3 nitrogen and oxygen atoms in total. The SMILES string of the molecule is Cc1cccc(CNc2ncc(Br)cc2F)n1. The summed E-state index contributed by atoms with van der Waals surface area (Å²) in [5.41, 5.74) is 1.79. The van der Waals surface area contributed by atoms with Crippen molar-refractivity contribution in [2.45, 2.75) is 13.5 Å². The molecule has 0 bridgehead atoms. The van der Waals surface area contributed by atoms with E-state index in [2.05, 4.69) is 31.2 Å². The highest BCUT2D eigenvalue weighted by Crippen LogP contribution is 2.16. The molecule has 0 spiro atoms. The van der Waals surface area contributed by atoms with Crippen LogP contribution >= 0.6 is 15.9 Å². The molecule has 0 fully saturated rings. The van der Waals surface area contributed by atoms with Gasteiger partial charge in [-0.25, -0.2) is 9.37 Å². The van der Waals surface area contributed by atoms with Gasteiger partial charge >= 0.3 is 0 Å². The number of nitrogens with one attached hydrogen (secondary N) is 1. The van der Waals surface area contributed by atoms with E-state index in [1.54, 1.807) is 6.20 Å². The molecule has 2 aromatic heterocycles. The number of aromatic nitrogens is 2. The predicted octanol–water partition coefficient (Wildman–Crippen LogP) is 3.30. The summed E-state index contributed by atoms with van der Waals surface area (Å²) in [7, 11) is 0. The van der Waals surface area contributed by atoms with E-state index in [1.165, 1.54) is 6.07 Å². The first kappa shape index (κ1) is 12.0. The normalized spacial score (nSPS) is 10.3. The number of hydrogen-bond acceptors (Lipinski definition) is 3. The number of halogens is 2. The average molecular weight is 296 g/mol. The molecule has 88 valence electrons. The van der Waals surface area contributed by atoms with Gasteiger partial charge in [0.2, 0.25) is 0 Å². The first-order valence-corrected chi connectivity index (χ1v) is 5.92. The van der Waals surface area contributed by atoms with Crippen molar-refractivity contribution in [1.29, 1.82) is 0 Å². The molecule has 0 saturated carbocycles. The second-order valence-corrected chi connectivity index (χ2v) is 4.52. The minimum absolute atomic E-state index is 0.233. The summed E-state index contributed by atoms with van der Waals surface area (Å²) in [5.74, 6) is -0.150. The van der Waals surface area contributed by atoms with Crippen molar-refractivity contribution in [1.82, 2.24) is 9.97 Å². The van der Waals surface area contributed by atoms with Gasteiger partial charge in [0, 0.05) is 16.4 Å². The van der Waals surface area contributed by atoms with Crippen molar-refractivity contribution in [2.24, 2.45) is 0 Å². The third-order valence-corrected chi connectivity index (χ3v) is 2.62. The summed E-state index contributed by atoms with van der Waals surface area (Å²) < 4.78 is 14.1. The lowest BCUT2D eigenvalue weighted by molar-refractivity contribution is 0.623. The lowest BCUT2D eigenvalue weighted by atomic mass is 10.3. The second-order valence-electron chi connectivity index (χ2n) is 3.61. The molecule has 1 N–H and O–H groups in total. The average Bonchev–Trinajstić information content (AvgIpc) is 2.28. The fourth-order valence-corrected chi connectivity index (χ4v) is 1.72. The molecule has 2 heterocycles. The number of aryl methyl sites for hydroxylation is 1. The fraction of sp³-hybridized carbons (Fsp3) is 0.167. The van der Waals surface area contributed by atoms with Crippen molar-refractivity contribution in [2.75, 3.05) is 5.32 Å². The highest BCUT2D eigenvalue weighted by Gasteiger charge is 2.04. The van der Waals surface area contributed by atoms with Crippen LogP contribution in [-0.4, -0.2) is 9.97 Å². The molecule has 0 saturated heterocycles. The van der Waals surface area contributed by atoms with E-state index in [9.17, 15) is 4.39 Å². The molecular weight excluding hydrogens is 285 g/mol. The maximum atomic E-state index is 13.5. The van der Waals surface area contributed by atoms with E-state index in [0.717, 1.165) is 11.4 Å². The summed E-state index contributed by atoms with van der Waals surface area (Å²) in [4.78, 5) is 8.27. The molecule has 0 unspecified atom stereocenters. The monoisotopic (exact) mass is 295 g/mol. The molecule has 2 rings (SSSR count). The Morgan fingerprint density at radius 1 is 1.41 bits per heavy atom. The Morgan fingerprint density at radius 3 is 2.94 bits per heavy atom. The van der Waals surface area contributed by atoms with E-state index in [4.69, 9.17) is 0 Å². The third-order valence-electron chi connectivity index (χ3n) is 2.19. The van der Waals surface area contributed by atoms with E-state index in [-0.39, 0.29) is 11.6 Å². The molecule has 0 aliphatic rings. The molecule has 17 heavy (non-hydrogen) atoms. The van der Waals surface area contributed by atoms with Gasteiger partial charge in [-0.3, -0.25) is 4.98 Å². The zero-order valence-corrected chi connectivity index (χ0v) is 10.8. The van der Waals surface area contributed by atoms with Crippen LogP contribution in [-0.2, 0) is 6.54 Å². The lowest BCUT2D eigenvalue weighted by Gasteiger charge is -2.06. The number of hydrogen-bond donors (Lipinski definition) is 1. The highest BCUT2D eigenvalue weighted by molar-refractivity contribution is 9.10. The zero-order chi connectivity index (χ0) is 12.3. The molecule has 0 aromatic carbocycles. The van der Waals surface area contributed by atoms with Crippen LogP contribution in [0.25, 0.3) is 0 Å². The van der Waals surface area contributed by atoms with Crippen LogP contribution in [0.2, 0.25) is 0 Å². The quantitative estimate of drug-likeness (QED) is 0.944. The minimum Gasteiger partial charge on any atom is -0.362 e. The van der Waals surface area contributed by atoms with Crippen LogP contribution < -0.4 is 5.32 Å². The van der Waals surface area contributed by atoms with Crippen molar-refractivity contribution >= 4 is 21.7 Å². The van der Waals surface area contributed by atoms with Gasteiger partial charge in [0.15, 0.2) is 11.6 Å². The number of nitrogens with zero attached hydrogens (tertiary/aromatic N) is 2. The smallest absolute Gasteiger partial charge is 0.166 e. The largest absolute Gasteiger partial charge is 0.362 e. The Labute approximate surface area is 107 Å². The number of anilines is 1. The summed E-state index contributed by atoms with van der Waals surface area (Å²) in [6, 6.07) is 7.10. The van der Waals surface area contributed by atoms with Crippen LogP contribution in [0.15, 0.2) is 34.9 Å². The molecule has 0 radical (unpaired) electrons. The van der Waals surface area contributed by atoms with Gasteiger partial charge in [0.1, 0.15) is 0 Å².